The highest BCUT2D eigenvalue weighted by molar-refractivity contribution is 7.98. The number of aryl methyl sites for hydroxylation is 1. The lowest BCUT2D eigenvalue weighted by molar-refractivity contribution is 0.0524. The number of carbonyl (C=O) groups excluding carboxylic acids is 1. The second kappa shape index (κ2) is 8.45. The number of nitrogens with zero attached hydrogens (tertiary/aromatic N) is 3. The number of nitriles is 1. The first kappa shape index (κ1) is 18.6. The van der Waals surface area contributed by atoms with Crippen LogP contribution < -0.4 is 0 Å². The molecule has 0 bridgehead atoms. The molecular weight excluding hydrogens is 386 g/mol. The third-order valence-electron chi connectivity index (χ3n) is 3.43. The molecule has 0 radical (unpaired) electrons. The molecule has 132 valence electrons. The van der Waals surface area contributed by atoms with Crippen molar-refractivity contribution in [2.45, 2.75) is 24.6 Å². The van der Waals surface area contributed by atoms with Gasteiger partial charge in [0, 0.05) is 11.1 Å². The van der Waals surface area contributed by atoms with Crippen molar-refractivity contribution in [3.63, 3.8) is 0 Å². The predicted octanol–water partition coefficient (Wildman–Crippen LogP) is 4.92. The molecule has 0 N–H and O–H groups in total. The highest BCUT2D eigenvalue weighted by Gasteiger charge is 2.17. The number of thiazole rings is 1. The summed E-state index contributed by atoms with van der Waals surface area (Å²) in [6, 6.07) is 7.73. The third kappa shape index (κ3) is 4.12. The fourth-order valence-electron chi connectivity index (χ4n) is 2.22. The minimum absolute atomic E-state index is 0.285. The molecule has 0 aliphatic heterocycles. The predicted molar refractivity (Wildman–Crippen MR) is 105 cm³/mol. The van der Waals surface area contributed by atoms with E-state index in [-0.39, 0.29) is 6.61 Å². The molecule has 0 saturated carbocycles. The van der Waals surface area contributed by atoms with E-state index < -0.39 is 5.97 Å². The van der Waals surface area contributed by atoms with Crippen LogP contribution in [0.15, 0.2) is 34.0 Å². The van der Waals surface area contributed by atoms with Gasteiger partial charge >= 0.3 is 5.97 Å². The Kier molecular flexibility index (Phi) is 6.04. The number of pyridine rings is 1. The molecule has 0 spiro atoms. The number of thiophene rings is 1. The molecule has 3 aromatic rings. The second-order valence-electron chi connectivity index (χ2n) is 5.22. The average Bonchev–Trinajstić information content (AvgIpc) is 3.31. The van der Waals surface area contributed by atoms with Crippen LogP contribution in [0.2, 0.25) is 0 Å². The maximum Gasteiger partial charge on any atom is 0.340 e. The number of esters is 1. The Balaban J connectivity index is 1.77. The summed E-state index contributed by atoms with van der Waals surface area (Å²) < 4.78 is 5.01. The molecule has 5 nitrogen and oxygen atoms in total. The van der Waals surface area contributed by atoms with Gasteiger partial charge in [0.1, 0.15) is 16.1 Å². The van der Waals surface area contributed by atoms with Crippen LogP contribution in [-0.4, -0.2) is 22.5 Å². The Hall–Kier alpha value is -2.21. The van der Waals surface area contributed by atoms with Gasteiger partial charge in [0.05, 0.1) is 34.0 Å². The Bertz CT molecular complexity index is 959. The van der Waals surface area contributed by atoms with E-state index in [1.807, 2.05) is 22.9 Å². The van der Waals surface area contributed by atoms with Crippen LogP contribution in [0.4, 0.5) is 0 Å². The molecule has 8 heteroatoms. The highest BCUT2D eigenvalue weighted by Crippen LogP contribution is 2.31. The number of carbonyl (C=O) groups is 1. The van der Waals surface area contributed by atoms with E-state index in [1.165, 1.54) is 11.8 Å². The molecule has 0 aliphatic rings. The number of thioether (sulfide) groups is 1. The summed E-state index contributed by atoms with van der Waals surface area (Å²) in [5.41, 5.74) is 2.21. The zero-order chi connectivity index (χ0) is 18.5. The van der Waals surface area contributed by atoms with Gasteiger partial charge in [-0.25, -0.2) is 14.8 Å². The van der Waals surface area contributed by atoms with Crippen molar-refractivity contribution in [3.05, 3.63) is 51.5 Å². The minimum Gasteiger partial charge on any atom is -0.462 e. The number of aromatic nitrogens is 2. The Morgan fingerprint density at radius 1 is 1.38 bits per heavy atom. The maximum atomic E-state index is 12.0. The van der Waals surface area contributed by atoms with Crippen molar-refractivity contribution < 1.29 is 9.53 Å². The quantitative estimate of drug-likeness (QED) is 0.431. The molecule has 0 aromatic carbocycles. The molecule has 3 aromatic heterocycles. The summed E-state index contributed by atoms with van der Waals surface area (Å²) in [6.45, 7) is 3.77. The van der Waals surface area contributed by atoms with Gasteiger partial charge in [-0.05, 0) is 31.4 Å². The highest BCUT2D eigenvalue weighted by atomic mass is 32.2. The summed E-state index contributed by atoms with van der Waals surface area (Å²) in [4.78, 5) is 22.2. The molecule has 0 unspecified atom stereocenters. The molecule has 0 amide bonds. The lowest BCUT2D eigenvalue weighted by atomic mass is 10.1. The maximum absolute atomic E-state index is 12.0. The zero-order valence-corrected chi connectivity index (χ0v) is 16.6. The van der Waals surface area contributed by atoms with Crippen LogP contribution >= 0.6 is 34.4 Å². The van der Waals surface area contributed by atoms with E-state index in [2.05, 4.69) is 16.0 Å². The largest absolute Gasteiger partial charge is 0.462 e. The van der Waals surface area contributed by atoms with Crippen LogP contribution in [0.3, 0.4) is 0 Å². The first-order valence-corrected chi connectivity index (χ1v) is 10.6. The fraction of sp³-hybridized carbons (Fsp3) is 0.222. The van der Waals surface area contributed by atoms with Gasteiger partial charge < -0.3 is 4.74 Å². The molecule has 3 heterocycles. The normalized spacial score (nSPS) is 10.5. The number of hydrogen-bond donors (Lipinski definition) is 0. The van der Waals surface area contributed by atoms with Crippen LogP contribution in [-0.2, 0) is 10.5 Å². The van der Waals surface area contributed by atoms with Gasteiger partial charge in [0.2, 0.25) is 0 Å². The van der Waals surface area contributed by atoms with Crippen LogP contribution in [0.1, 0.15) is 34.2 Å². The Labute approximate surface area is 163 Å². The molecular formula is C18H15N3O2S3. The topological polar surface area (TPSA) is 75.9 Å². The van der Waals surface area contributed by atoms with Gasteiger partial charge in [-0.3, -0.25) is 0 Å². The van der Waals surface area contributed by atoms with Gasteiger partial charge in [0.15, 0.2) is 0 Å². The van der Waals surface area contributed by atoms with E-state index in [0.29, 0.717) is 27.6 Å². The van der Waals surface area contributed by atoms with E-state index in [9.17, 15) is 10.1 Å². The van der Waals surface area contributed by atoms with E-state index in [0.717, 1.165) is 15.6 Å². The molecule has 0 aliphatic carbocycles. The summed E-state index contributed by atoms with van der Waals surface area (Å²) in [5.74, 6) is 0.160. The molecule has 0 fully saturated rings. The lowest BCUT2D eigenvalue weighted by Gasteiger charge is -2.08. The van der Waals surface area contributed by atoms with Gasteiger partial charge in [-0.15, -0.1) is 22.7 Å². The van der Waals surface area contributed by atoms with Crippen molar-refractivity contribution in [2.75, 3.05) is 6.61 Å². The van der Waals surface area contributed by atoms with E-state index in [1.54, 1.807) is 42.6 Å². The van der Waals surface area contributed by atoms with Gasteiger partial charge in [-0.2, -0.15) is 5.26 Å². The Morgan fingerprint density at radius 2 is 2.23 bits per heavy atom. The van der Waals surface area contributed by atoms with Crippen molar-refractivity contribution in [3.8, 4) is 16.0 Å². The summed E-state index contributed by atoms with van der Waals surface area (Å²) in [7, 11) is 0. The number of rotatable bonds is 6. The first-order chi connectivity index (χ1) is 12.6. The second-order valence-corrected chi connectivity index (χ2v) is 7.99. The average molecular weight is 402 g/mol. The Morgan fingerprint density at radius 3 is 2.92 bits per heavy atom. The van der Waals surface area contributed by atoms with Crippen molar-refractivity contribution in [1.82, 2.24) is 9.97 Å². The van der Waals surface area contributed by atoms with E-state index >= 15 is 0 Å². The number of ether oxygens (including phenoxy) is 1. The zero-order valence-electron chi connectivity index (χ0n) is 14.2. The summed E-state index contributed by atoms with van der Waals surface area (Å²) >= 11 is 4.71. The number of hydrogen-bond acceptors (Lipinski definition) is 8. The SMILES string of the molecule is CCOC(=O)c1cc(C#N)c(SCc2csc(-c3cccs3)n2)nc1C. The molecule has 0 atom stereocenters. The summed E-state index contributed by atoms with van der Waals surface area (Å²) in [5, 5.41) is 15.1. The first-order valence-electron chi connectivity index (χ1n) is 7.82. The smallest absolute Gasteiger partial charge is 0.340 e. The van der Waals surface area contributed by atoms with Gasteiger partial charge in [0.25, 0.3) is 0 Å². The lowest BCUT2D eigenvalue weighted by Crippen LogP contribution is -2.09. The van der Waals surface area contributed by atoms with Crippen molar-refractivity contribution >= 4 is 40.4 Å². The van der Waals surface area contributed by atoms with E-state index in [4.69, 9.17) is 4.74 Å². The monoisotopic (exact) mass is 401 g/mol. The molecule has 26 heavy (non-hydrogen) atoms. The van der Waals surface area contributed by atoms with Crippen LogP contribution in [0.25, 0.3) is 9.88 Å². The van der Waals surface area contributed by atoms with Crippen molar-refractivity contribution in [2.24, 2.45) is 0 Å². The minimum atomic E-state index is -0.453. The fourth-order valence-corrected chi connectivity index (χ4v) is 4.85. The third-order valence-corrected chi connectivity index (χ3v) is 6.39. The standard InChI is InChI=1S/C18H15N3O2S3/c1-3-23-18(22)14-7-12(8-19)16(20-11(14)2)25-9-13-10-26-17(21-13)15-5-4-6-24-15/h4-7,10H,3,9H2,1-2H3. The molecule has 3 rings (SSSR count). The van der Waals surface area contributed by atoms with Crippen LogP contribution in [0.5, 0.6) is 0 Å². The molecule has 0 saturated heterocycles. The van der Waals surface area contributed by atoms with Crippen LogP contribution in [0, 0.1) is 18.3 Å². The summed E-state index contributed by atoms with van der Waals surface area (Å²) in [6.07, 6.45) is 0. The van der Waals surface area contributed by atoms with Gasteiger partial charge in [-0.1, -0.05) is 17.8 Å². The van der Waals surface area contributed by atoms with Crippen molar-refractivity contribution in [1.29, 1.82) is 5.26 Å².